The Morgan fingerprint density at radius 3 is 2.76 bits per heavy atom. The maximum Gasteiger partial charge on any atom is 0.229 e. The molecule has 1 aromatic heterocycles. The average Bonchev–Trinajstić information content (AvgIpc) is 3.35. The van der Waals surface area contributed by atoms with Gasteiger partial charge in [-0.3, -0.25) is 9.59 Å². The molecule has 3 aromatic rings. The highest BCUT2D eigenvalue weighted by atomic mass is 16.2. The number of aromatic nitrogens is 3. The van der Waals surface area contributed by atoms with Gasteiger partial charge in [0.05, 0.1) is 5.92 Å². The minimum Gasteiger partial charge on any atom is -0.326 e. The van der Waals surface area contributed by atoms with E-state index in [-0.39, 0.29) is 24.2 Å². The molecule has 2 aromatic carbocycles. The lowest BCUT2D eigenvalue weighted by atomic mass is 10.1. The van der Waals surface area contributed by atoms with E-state index in [2.05, 4.69) is 33.1 Å². The molecule has 7 nitrogen and oxygen atoms in total. The van der Waals surface area contributed by atoms with Crippen molar-refractivity contribution in [3.8, 4) is 11.4 Å². The molecular formula is C26H29N5O2. The lowest BCUT2D eigenvalue weighted by Crippen LogP contribution is -2.28. The predicted molar refractivity (Wildman–Crippen MR) is 128 cm³/mol. The van der Waals surface area contributed by atoms with E-state index in [9.17, 15) is 9.59 Å². The molecule has 5 rings (SSSR count). The summed E-state index contributed by atoms with van der Waals surface area (Å²) in [6.07, 6.45) is 5.64. The van der Waals surface area contributed by atoms with E-state index < -0.39 is 0 Å². The zero-order valence-electron chi connectivity index (χ0n) is 19.0. The molecule has 0 saturated carbocycles. The second-order valence-corrected chi connectivity index (χ2v) is 8.90. The maximum atomic E-state index is 12.9. The molecule has 2 aliphatic rings. The van der Waals surface area contributed by atoms with Gasteiger partial charge >= 0.3 is 0 Å². The number of hydrogen-bond acceptors (Lipinski definition) is 4. The quantitative estimate of drug-likeness (QED) is 0.640. The summed E-state index contributed by atoms with van der Waals surface area (Å²) in [6, 6.07) is 15.7. The molecule has 3 heterocycles. The summed E-state index contributed by atoms with van der Waals surface area (Å²) in [7, 11) is 0. The Kier molecular flexibility index (Phi) is 5.94. The predicted octanol–water partition coefficient (Wildman–Crippen LogP) is 4.23. The summed E-state index contributed by atoms with van der Waals surface area (Å²) in [5.74, 6) is 1.44. The van der Waals surface area contributed by atoms with Crippen LogP contribution in [0.2, 0.25) is 0 Å². The van der Waals surface area contributed by atoms with Crippen LogP contribution in [0.4, 0.5) is 11.4 Å². The summed E-state index contributed by atoms with van der Waals surface area (Å²) in [4.78, 5) is 27.2. The van der Waals surface area contributed by atoms with Gasteiger partial charge in [0.1, 0.15) is 5.82 Å². The molecule has 0 radical (unpaired) electrons. The van der Waals surface area contributed by atoms with Crippen molar-refractivity contribution in [2.45, 2.75) is 52.0 Å². The number of anilines is 2. The number of carbonyl (C=O) groups is 2. The van der Waals surface area contributed by atoms with Crippen LogP contribution >= 0.6 is 0 Å². The number of rotatable bonds is 5. The third kappa shape index (κ3) is 4.40. The van der Waals surface area contributed by atoms with Gasteiger partial charge in [0.15, 0.2) is 5.82 Å². The van der Waals surface area contributed by atoms with Crippen LogP contribution < -0.4 is 10.2 Å². The lowest BCUT2D eigenvalue weighted by Gasteiger charge is -2.17. The van der Waals surface area contributed by atoms with Crippen molar-refractivity contribution < 1.29 is 9.59 Å². The van der Waals surface area contributed by atoms with Crippen LogP contribution in [-0.4, -0.2) is 33.1 Å². The first-order valence-corrected chi connectivity index (χ1v) is 11.8. The molecule has 1 N–H and O–H groups in total. The minimum atomic E-state index is -0.366. The van der Waals surface area contributed by atoms with Crippen molar-refractivity contribution in [3.63, 3.8) is 0 Å². The smallest absolute Gasteiger partial charge is 0.229 e. The summed E-state index contributed by atoms with van der Waals surface area (Å²) in [5.41, 5.74) is 3.76. The van der Waals surface area contributed by atoms with Crippen LogP contribution in [0.25, 0.3) is 11.4 Å². The normalized spacial score (nSPS) is 18.2. The Morgan fingerprint density at radius 1 is 1.09 bits per heavy atom. The first-order chi connectivity index (χ1) is 16.1. The highest BCUT2D eigenvalue weighted by molar-refractivity contribution is 6.03. The molecule has 0 spiro atoms. The highest BCUT2D eigenvalue weighted by Crippen LogP contribution is 2.28. The second kappa shape index (κ2) is 9.17. The van der Waals surface area contributed by atoms with Crippen molar-refractivity contribution in [2.75, 3.05) is 16.8 Å². The van der Waals surface area contributed by atoms with Crippen molar-refractivity contribution >= 4 is 23.2 Å². The summed E-state index contributed by atoms with van der Waals surface area (Å²) in [5, 5.41) is 11.8. The Morgan fingerprint density at radius 2 is 1.94 bits per heavy atom. The van der Waals surface area contributed by atoms with Gasteiger partial charge < -0.3 is 14.8 Å². The van der Waals surface area contributed by atoms with E-state index in [1.807, 2.05) is 42.5 Å². The fourth-order valence-electron chi connectivity index (χ4n) is 4.72. The molecule has 2 aliphatic heterocycles. The van der Waals surface area contributed by atoms with E-state index >= 15 is 0 Å². The fraction of sp³-hybridized carbons (Fsp3) is 0.385. The number of nitrogens with zero attached hydrogens (tertiary/aromatic N) is 4. The van der Waals surface area contributed by atoms with Crippen molar-refractivity contribution in [3.05, 3.63) is 59.9 Å². The van der Waals surface area contributed by atoms with Gasteiger partial charge in [-0.2, -0.15) is 0 Å². The number of amides is 2. The number of aryl methyl sites for hydroxylation is 2. The van der Waals surface area contributed by atoms with Crippen LogP contribution in [-0.2, 0) is 29.0 Å². The molecular weight excluding hydrogens is 414 g/mol. The average molecular weight is 444 g/mol. The zero-order valence-corrected chi connectivity index (χ0v) is 19.0. The Hall–Kier alpha value is -3.48. The number of hydrogen-bond donors (Lipinski definition) is 1. The zero-order chi connectivity index (χ0) is 22.8. The SMILES string of the molecule is CCc1cccc(N2C[C@H](C(=O)Nc3ccc(-c4nnc5n4CCCCC5)cc3)CC2=O)c1. The van der Waals surface area contributed by atoms with Crippen LogP contribution in [0.1, 0.15) is 44.0 Å². The van der Waals surface area contributed by atoms with Crippen LogP contribution in [0.5, 0.6) is 0 Å². The van der Waals surface area contributed by atoms with Gasteiger partial charge in [0.25, 0.3) is 0 Å². The number of nitrogens with one attached hydrogen (secondary N) is 1. The number of fused-ring (bicyclic) bond motifs is 1. The Balaban J connectivity index is 1.25. The van der Waals surface area contributed by atoms with E-state index in [1.165, 1.54) is 12.0 Å². The van der Waals surface area contributed by atoms with Gasteiger partial charge in [-0.25, -0.2) is 0 Å². The first kappa shape index (κ1) is 21.4. The van der Waals surface area contributed by atoms with Gasteiger partial charge in [-0.05, 0) is 61.2 Å². The topological polar surface area (TPSA) is 80.1 Å². The number of carbonyl (C=O) groups excluding carboxylic acids is 2. The molecule has 1 atom stereocenters. The van der Waals surface area contributed by atoms with Gasteiger partial charge in [-0.1, -0.05) is 25.5 Å². The van der Waals surface area contributed by atoms with Crippen LogP contribution in [0.3, 0.4) is 0 Å². The van der Waals surface area contributed by atoms with Crippen molar-refractivity contribution in [1.29, 1.82) is 0 Å². The molecule has 1 fully saturated rings. The van der Waals surface area contributed by atoms with Crippen LogP contribution in [0.15, 0.2) is 48.5 Å². The molecule has 0 unspecified atom stereocenters. The van der Waals surface area contributed by atoms with Crippen LogP contribution in [0, 0.1) is 5.92 Å². The maximum absolute atomic E-state index is 12.9. The largest absolute Gasteiger partial charge is 0.326 e. The molecule has 7 heteroatoms. The highest BCUT2D eigenvalue weighted by Gasteiger charge is 2.35. The van der Waals surface area contributed by atoms with Gasteiger partial charge in [0.2, 0.25) is 11.8 Å². The van der Waals surface area contributed by atoms with E-state index in [0.717, 1.165) is 60.8 Å². The lowest BCUT2D eigenvalue weighted by molar-refractivity contribution is -0.122. The molecule has 33 heavy (non-hydrogen) atoms. The summed E-state index contributed by atoms with van der Waals surface area (Å²) < 4.78 is 2.22. The fourth-order valence-corrected chi connectivity index (χ4v) is 4.72. The summed E-state index contributed by atoms with van der Waals surface area (Å²) >= 11 is 0. The molecule has 170 valence electrons. The number of benzene rings is 2. The monoisotopic (exact) mass is 443 g/mol. The summed E-state index contributed by atoms with van der Waals surface area (Å²) in [6.45, 7) is 3.44. The van der Waals surface area contributed by atoms with Gasteiger partial charge in [-0.15, -0.1) is 10.2 Å². The second-order valence-electron chi connectivity index (χ2n) is 8.90. The Bertz CT molecular complexity index is 1170. The minimum absolute atomic E-state index is 0.00810. The molecule has 1 saturated heterocycles. The molecule has 2 amide bonds. The van der Waals surface area contributed by atoms with E-state index in [0.29, 0.717) is 6.54 Å². The third-order valence-corrected chi connectivity index (χ3v) is 6.65. The van der Waals surface area contributed by atoms with Crippen molar-refractivity contribution in [2.24, 2.45) is 5.92 Å². The van der Waals surface area contributed by atoms with E-state index in [4.69, 9.17) is 0 Å². The van der Waals surface area contributed by atoms with Gasteiger partial charge in [0, 0.05) is 42.9 Å². The third-order valence-electron chi connectivity index (χ3n) is 6.65. The first-order valence-electron chi connectivity index (χ1n) is 11.8. The Labute approximate surface area is 193 Å². The van der Waals surface area contributed by atoms with E-state index in [1.54, 1.807) is 4.90 Å². The molecule has 0 bridgehead atoms. The standard InChI is InChI=1S/C26H29N5O2/c1-2-18-7-6-8-22(15-18)31-17-20(16-24(31)32)26(33)27-21-12-10-19(11-13-21)25-29-28-23-9-4-3-5-14-30(23)25/h6-8,10-13,15,20H,2-5,9,14,16-17H2,1H3,(H,27,33)/t20-/m1/s1. The van der Waals surface area contributed by atoms with Crippen molar-refractivity contribution in [1.82, 2.24) is 14.8 Å². The molecule has 0 aliphatic carbocycles.